The van der Waals surface area contributed by atoms with E-state index in [2.05, 4.69) is 47.4 Å². The van der Waals surface area contributed by atoms with Crippen LogP contribution in [0.15, 0.2) is 60.7 Å². The van der Waals surface area contributed by atoms with Gasteiger partial charge in [-0.2, -0.15) is 0 Å². The van der Waals surface area contributed by atoms with E-state index in [0.29, 0.717) is 0 Å². The monoisotopic (exact) mass is 389 g/mol. The summed E-state index contributed by atoms with van der Waals surface area (Å²) in [6, 6.07) is 21.2. The first-order valence-corrected chi connectivity index (χ1v) is 10.7. The lowest BCUT2D eigenvalue weighted by atomic mass is 10.0. The van der Waals surface area contributed by atoms with Crippen LogP contribution in [-0.2, 0) is 13.5 Å². The van der Waals surface area contributed by atoms with Crippen molar-refractivity contribution in [2.45, 2.75) is 31.7 Å². The molecule has 0 N–H and O–H groups in total. The summed E-state index contributed by atoms with van der Waals surface area (Å²) in [6.07, 6.45) is 4.52. The van der Waals surface area contributed by atoms with Gasteiger partial charge in [0.15, 0.2) is 0 Å². The number of aryl methyl sites for hydroxylation is 2. The highest BCUT2D eigenvalue weighted by Gasteiger charge is 2.28. The van der Waals surface area contributed by atoms with Crippen LogP contribution in [0.5, 0.6) is 0 Å². The molecule has 4 nitrogen and oxygen atoms in total. The number of nitrogens with zero attached hydrogens (tertiary/aromatic N) is 3. The fourth-order valence-electron chi connectivity index (χ4n) is 4.54. The predicted molar refractivity (Wildman–Crippen MR) is 119 cm³/mol. The van der Waals surface area contributed by atoms with Gasteiger partial charge < -0.3 is 14.4 Å². The molecule has 1 aliphatic heterocycles. The fourth-order valence-corrected chi connectivity index (χ4v) is 4.54. The van der Waals surface area contributed by atoms with Gasteiger partial charge in [0.2, 0.25) is 0 Å². The normalized spacial score (nSPS) is 17.5. The molecule has 2 heterocycles. The minimum atomic E-state index is 0.125. The number of carbonyl (C=O) groups is 1. The standard InChI is InChI=1S/C25H31N3O/c1-26(25(29)24-18-21-13-6-7-15-23(21)27(24)2)22-14-9-17-28(19-22)16-8-12-20-10-4-3-5-11-20/h3-7,10-11,13,15,18,22H,8-9,12,14,16-17,19H2,1-2H3/t22-/m0/s1. The lowest BCUT2D eigenvalue weighted by Crippen LogP contribution is -2.49. The number of hydrogen-bond donors (Lipinski definition) is 0. The Labute approximate surface area is 173 Å². The van der Waals surface area contributed by atoms with Gasteiger partial charge in [-0.1, -0.05) is 48.5 Å². The number of aromatic nitrogens is 1. The Balaban J connectivity index is 1.37. The van der Waals surface area contributed by atoms with Crippen LogP contribution in [0.3, 0.4) is 0 Å². The van der Waals surface area contributed by atoms with Gasteiger partial charge in [-0.3, -0.25) is 4.79 Å². The minimum Gasteiger partial charge on any atom is -0.340 e. The summed E-state index contributed by atoms with van der Waals surface area (Å²) < 4.78 is 2.02. The number of hydrogen-bond acceptors (Lipinski definition) is 2. The molecule has 0 unspecified atom stereocenters. The van der Waals surface area contributed by atoms with Crippen molar-refractivity contribution in [2.24, 2.45) is 7.05 Å². The highest BCUT2D eigenvalue weighted by molar-refractivity contribution is 5.98. The summed E-state index contributed by atoms with van der Waals surface area (Å²) in [5, 5.41) is 1.12. The van der Waals surface area contributed by atoms with E-state index in [0.717, 1.165) is 61.9 Å². The van der Waals surface area contributed by atoms with Crippen molar-refractivity contribution < 1.29 is 4.79 Å². The lowest BCUT2D eigenvalue weighted by molar-refractivity contribution is 0.0608. The molecule has 1 amide bonds. The fraction of sp³-hybridized carbons (Fsp3) is 0.400. The summed E-state index contributed by atoms with van der Waals surface area (Å²) in [6.45, 7) is 3.21. The second-order valence-corrected chi connectivity index (χ2v) is 8.25. The average Bonchev–Trinajstić information content (AvgIpc) is 3.10. The first-order chi connectivity index (χ1) is 14.1. The van der Waals surface area contributed by atoms with E-state index in [1.54, 1.807) is 0 Å². The van der Waals surface area contributed by atoms with E-state index in [1.807, 2.05) is 41.8 Å². The molecule has 1 aromatic heterocycles. The molecule has 1 aliphatic rings. The van der Waals surface area contributed by atoms with Gasteiger partial charge in [0.25, 0.3) is 5.91 Å². The van der Waals surface area contributed by atoms with E-state index in [9.17, 15) is 4.79 Å². The van der Waals surface area contributed by atoms with Crippen molar-refractivity contribution in [3.8, 4) is 0 Å². The second kappa shape index (κ2) is 8.83. The molecule has 152 valence electrons. The van der Waals surface area contributed by atoms with E-state index < -0.39 is 0 Å². The number of fused-ring (bicyclic) bond motifs is 1. The van der Waals surface area contributed by atoms with Crippen LogP contribution in [0.2, 0.25) is 0 Å². The molecule has 4 heteroatoms. The topological polar surface area (TPSA) is 28.5 Å². The largest absolute Gasteiger partial charge is 0.340 e. The first kappa shape index (κ1) is 19.7. The van der Waals surface area contributed by atoms with Gasteiger partial charge >= 0.3 is 0 Å². The van der Waals surface area contributed by atoms with Gasteiger partial charge in [0.05, 0.1) is 0 Å². The maximum Gasteiger partial charge on any atom is 0.270 e. The van der Waals surface area contributed by atoms with Gasteiger partial charge in [-0.15, -0.1) is 0 Å². The Kier molecular flexibility index (Phi) is 6.00. The molecule has 2 aromatic carbocycles. The Hall–Kier alpha value is -2.59. The van der Waals surface area contributed by atoms with Gasteiger partial charge in [0, 0.05) is 37.6 Å². The van der Waals surface area contributed by atoms with Crippen molar-refractivity contribution in [1.82, 2.24) is 14.4 Å². The molecule has 1 fully saturated rings. The van der Waals surface area contributed by atoms with E-state index in [1.165, 1.54) is 5.56 Å². The van der Waals surface area contributed by atoms with E-state index in [-0.39, 0.29) is 11.9 Å². The van der Waals surface area contributed by atoms with Crippen LogP contribution in [0.1, 0.15) is 35.3 Å². The maximum absolute atomic E-state index is 13.2. The zero-order valence-electron chi connectivity index (χ0n) is 17.6. The third kappa shape index (κ3) is 4.38. The third-order valence-corrected chi connectivity index (χ3v) is 6.30. The highest BCUT2D eigenvalue weighted by Crippen LogP contribution is 2.22. The number of likely N-dealkylation sites (tertiary alicyclic amines) is 1. The number of para-hydroxylation sites is 1. The number of amides is 1. The molecule has 1 saturated heterocycles. The number of benzene rings is 2. The smallest absolute Gasteiger partial charge is 0.270 e. The number of piperidine rings is 1. The molecule has 0 bridgehead atoms. The van der Waals surface area contributed by atoms with Crippen molar-refractivity contribution in [3.05, 3.63) is 71.9 Å². The highest BCUT2D eigenvalue weighted by atomic mass is 16.2. The van der Waals surface area contributed by atoms with Gasteiger partial charge in [-0.25, -0.2) is 0 Å². The SMILES string of the molecule is CN(C(=O)c1cc2ccccc2n1C)[C@H]1CCCN(CCCc2ccccc2)C1. The molecule has 0 spiro atoms. The van der Waals surface area contributed by atoms with Crippen LogP contribution in [-0.4, -0.2) is 53.0 Å². The lowest BCUT2D eigenvalue weighted by Gasteiger charge is -2.37. The molecule has 0 aliphatic carbocycles. The zero-order chi connectivity index (χ0) is 20.2. The Morgan fingerprint density at radius 2 is 1.86 bits per heavy atom. The van der Waals surface area contributed by atoms with Crippen molar-refractivity contribution >= 4 is 16.8 Å². The van der Waals surface area contributed by atoms with Crippen LogP contribution < -0.4 is 0 Å². The molecular formula is C25H31N3O. The van der Waals surface area contributed by atoms with Crippen LogP contribution in [0, 0.1) is 0 Å². The average molecular weight is 390 g/mol. The zero-order valence-corrected chi connectivity index (χ0v) is 17.6. The van der Waals surface area contributed by atoms with Crippen molar-refractivity contribution in [1.29, 1.82) is 0 Å². The predicted octanol–water partition coefficient (Wildman–Crippen LogP) is 4.35. The molecular weight excluding hydrogens is 358 g/mol. The number of likely N-dealkylation sites (N-methyl/N-ethyl adjacent to an activating group) is 1. The summed E-state index contributed by atoms with van der Waals surface area (Å²) in [5.74, 6) is 0.125. The van der Waals surface area contributed by atoms with Crippen LogP contribution in [0.25, 0.3) is 10.9 Å². The maximum atomic E-state index is 13.2. The van der Waals surface area contributed by atoms with E-state index in [4.69, 9.17) is 0 Å². The molecule has 4 rings (SSSR count). The molecule has 0 radical (unpaired) electrons. The first-order valence-electron chi connectivity index (χ1n) is 10.7. The van der Waals surface area contributed by atoms with Gasteiger partial charge in [0.1, 0.15) is 5.69 Å². The summed E-state index contributed by atoms with van der Waals surface area (Å²) in [7, 11) is 3.96. The third-order valence-electron chi connectivity index (χ3n) is 6.30. The van der Waals surface area contributed by atoms with E-state index >= 15 is 0 Å². The van der Waals surface area contributed by atoms with Gasteiger partial charge in [-0.05, 0) is 56.5 Å². The number of carbonyl (C=O) groups excluding carboxylic acids is 1. The number of rotatable bonds is 6. The molecule has 0 saturated carbocycles. The summed E-state index contributed by atoms with van der Waals surface area (Å²) in [4.78, 5) is 17.7. The minimum absolute atomic E-state index is 0.125. The summed E-state index contributed by atoms with van der Waals surface area (Å²) in [5.41, 5.74) is 3.29. The Morgan fingerprint density at radius 3 is 2.66 bits per heavy atom. The van der Waals surface area contributed by atoms with Crippen LogP contribution in [0.4, 0.5) is 0 Å². The Morgan fingerprint density at radius 1 is 1.10 bits per heavy atom. The quantitative estimate of drug-likeness (QED) is 0.627. The Bertz CT molecular complexity index is 963. The van der Waals surface area contributed by atoms with Crippen molar-refractivity contribution in [3.63, 3.8) is 0 Å². The molecule has 1 atom stereocenters. The van der Waals surface area contributed by atoms with Crippen molar-refractivity contribution in [2.75, 3.05) is 26.7 Å². The van der Waals surface area contributed by atoms with Crippen LogP contribution >= 0.6 is 0 Å². The molecule has 3 aromatic rings. The summed E-state index contributed by atoms with van der Waals surface area (Å²) >= 11 is 0. The second-order valence-electron chi connectivity index (χ2n) is 8.25. The molecule has 29 heavy (non-hydrogen) atoms.